The largest absolute Gasteiger partial charge is 0.497 e. The van der Waals surface area contributed by atoms with Crippen molar-refractivity contribution < 1.29 is 44.3 Å². The second-order valence-corrected chi connectivity index (χ2v) is 18.4. The number of nitriles is 1. The summed E-state index contributed by atoms with van der Waals surface area (Å²) < 4.78 is 128. The molecule has 0 saturated heterocycles. The van der Waals surface area contributed by atoms with Crippen LogP contribution in [0.5, 0.6) is 5.75 Å². The summed E-state index contributed by atoms with van der Waals surface area (Å²) in [5.41, 5.74) is 2.21. The predicted molar refractivity (Wildman–Crippen MR) is 226 cm³/mol. The summed E-state index contributed by atoms with van der Waals surface area (Å²) >= 11 is 6.86. The maximum atomic E-state index is 16.3. The van der Waals surface area contributed by atoms with Gasteiger partial charge in [-0.1, -0.05) is 23.7 Å². The van der Waals surface area contributed by atoms with E-state index in [4.69, 9.17) is 22.1 Å². The summed E-state index contributed by atoms with van der Waals surface area (Å²) in [6.45, 7) is -0.269. The van der Waals surface area contributed by atoms with Crippen LogP contribution in [0.25, 0.3) is 27.6 Å². The third-order valence-corrected chi connectivity index (χ3v) is 13.3. The lowest BCUT2D eigenvalue weighted by Crippen LogP contribution is -2.39. The lowest BCUT2D eigenvalue weighted by Gasteiger charge is -2.30. The van der Waals surface area contributed by atoms with Gasteiger partial charge in [-0.25, -0.2) is 44.9 Å². The Bertz CT molecular complexity index is 3370. The second-order valence-electron chi connectivity index (χ2n) is 16.1. The van der Waals surface area contributed by atoms with Crippen molar-refractivity contribution in [3.05, 3.63) is 133 Å². The Morgan fingerprint density at radius 1 is 1.08 bits per heavy atom. The maximum absolute atomic E-state index is 16.3. The molecule has 2 aliphatic rings. The number of aromatic nitrogens is 7. The Hall–Kier alpha value is -6.99. The highest BCUT2D eigenvalue weighted by Crippen LogP contribution is 2.68. The van der Waals surface area contributed by atoms with E-state index in [1.165, 1.54) is 31.0 Å². The lowest BCUT2D eigenvalue weighted by atomic mass is 9.89. The molecular weight excluding hydrogens is 918 g/mol. The molecule has 4 aromatic heterocycles. The van der Waals surface area contributed by atoms with Crippen LogP contribution in [-0.4, -0.2) is 61.8 Å². The number of carbonyl (C=O) groups excluding carboxylic acids is 1. The molecule has 7 aromatic rings. The van der Waals surface area contributed by atoms with E-state index in [0.717, 1.165) is 39.5 Å². The van der Waals surface area contributed by atoms with Crippen molar-refractivity contribution in [3.8, 4) is 17.5 Å². The van der Waals surface area contributed by atoms with Gasteiger partial charge in [0.25, 0.3) is 17.9 Å². The molecule has 0 aliphatic heterocycles. The van der Waals surface area contributed by atoms with Gasteiger partial charge >= 0.3 is 0 Å². The van der Waals surface area contributed by atoms with Crippen LogP contribution in [0.2, 0.25) is 5.02 Å². The van der Waals surface area contributed by atoms with Gasteiger partial charge in [0, 0.05) is 30.8 Å². The molecule has 1 unspecified atom stereocenters. The van der Waals surface area contributed by atoms with Gasteiger partial charge in [-0.2, -0.15) is 24.2 Å². The quantitative estimate of drug-likeness (QED) is 0.120. The van der Waals surface area contributed by atoms with Crippen LogP contribution in [0.3, 0.4) is 0 Å². The number of ether oxygens (including phenoxy) is 1. The minimum atomic E-state index is -4.17. The van der Waals surface area contributed by atoms with E-state index < -0.39 is 98.5 Å². The Morgan fingerprint density at radius 3 is 2.39 bits per heavy atom. The van der Waals surface area contributed by atoms with Crippen LogP contribution < -0.4 is 20.3 Å². The fourth-order valence-electron chi connectivity index (χ4n) is 9.00. The van der Waals surface area contributed by atoms with Gasteiger partial charge < -0.3 is 10.5 Å². The zero-order valence-electron chi connectivity index (χ0n) is 34.6. The van der Waals surface area contributed by atoms with E-state index in [0.29, 0.717) is 22.1 Å². The molecule has 4 atom stereocenters. The number of anilines is 1. The molecule has 9 rings (SSSR count). The van der Waals surface area contributed by atoms with Crippen molar-refractivity contribution in [1.29, 1.82) is 5.26 Å². The molecule has 1 saturated carbocycles. The number of primary amides is 1. The Kier molecular flexibility index (Phi) is 10.6. The van der Waals surface area contributed by atoms with Crippen molar-refractivity contribution in [2.75, 3.05) is 17.7 Å². The first-order valence-electron chi connectivity index (χ1n) is 19.8. The highest BCUT2D eigenvalue weighted by atomic mass is 35.5. The van der Waals surface area contributed by atoms with Crippen LogP contribution in [0.15, 0.2) is 71.7 Å². The van der Waals surface area contributed by atoms with E-state index in [1.807, 2.05) is 6.07 Å². The van der Waals surface area contributed by atoms with Gasteiger partial charge in [-0.05, 0) is 72.4 Å². The molecule has 340 valence electrons. The number of fused-ring (bicyclic) bond motifs is 5. The molecule has 15 nitrogen and oxygen atoms in total. The van der Waals surface area contributed by atoms with E-state index in [9.17, 15) is 36.0 Å². The van der Waals surface area contributed by atoms with Crippen molar-refractivity contribution in [3.63, 3.8) is 0 Å². The van der Waals surface area contributed by atoms with Gasteiger partial charge in [0.05, 0.1) is 58.4 Å². The molecule has 0 spiro atoms. The third kappa shape index (κ3) is 7.25. The normalized spacial score (nSPS) is 17.1. The predicted octanol–water partition coefficient (Wildman–Crippen LogP) is 6.84. The van der Waals surface area contributed by atoms with Crippen molar-refractivity contribution in [2.24, 2.45) is 18.7 Å². The number of nitrogens with zero attached hydrogens (tertiary/aromatic N) is 9. The average Bonchev–Trinajstić information content (AvgIpc) is 3.77. The van der Waals surface area contributed by atoms with Crippen molar-refractivity contribution in [2.45, 2.75) is 49.6 Å². The molecule has 66 heavy (non-hydrogen) atoms. The fourth-order valence-corrected chi connectivity index (χ4v) is 10.1. The number of sulfonamides is 1. The van der Waals surface area contributed by atoms with E-state index in [2.05, 4.69) is 20.2 Å². The van der Waals surface area contributed by atoms with Crippen LogP contribution in [0.1, 0.15) is 70.2 Å². The number of aryl methyl sites for hydroxylation is 1. The highest BCUT2D eigenvalue weighted by Gasteiger charge is 2.68. The smallest absolute Gasteiger partial charge is 0.293 e. The summed E-state index contributed by atoms with van der Waals surface area (Å²) in [5, 5.41) is 17.8. The van der Waals surface area contributed by atoms with E-state index in [-0.39, 0.29) is 62.6 Å². The monoisotopic (exact) mass is 950 g/mol. The van der Waals surface area contributed by atoms with Crippen molar-refractivity contribution in [1.82, 2.24) is 34.1 Å². The molecule has 2 N–H and O–H groups in total. The summed E-state index contributed by atoms with van der Waals surface area (Å²) in [6, 6.07) is 12.2. The molecule has 4 heterocycles. The van der Waals surface area contributed by atoms with Crippen LogP contribution in [0.4, 0.5) is 32.2 Å². The molecular formula is C43H33ClF6N10O5S. The van der Waals surface area contributed by atoms with E-state index in [1.54, 1.807) is 24.3 Å². The molecule has 23 heteroatoms. The van der Waals surface area contributed by atoms with Gasteiger partial charge in [-0.15, -0.1) is 0 Å². The first kappa shape index (κ1) is 44.2. The number of rotatable bonds is 13. The van der Waals surface area contributed by atoms with Gasteiger partial charge in [0.2, 0.25) is 15.9 Å². The van der Waals surface area contributed by atoms with Gasteiger partial charge in [0.15, 0.2) is 11.5 Å². The minimum absolute atomic E-state index is 0.0296. The summed E-state index contributed by atoms with van der Waals surface area (Å²) in [6.07, 6.45) is -2.22. The number of benzene rings is 3. The molecule has 2 aliphatic carbocycles. The highest BCUT2D eigenvalue weighted by molar-refractivity contribution is 7.92. The number of carbonyl (C=O) groups is 1. The Balaban J connectivity index is 1.36. The van der Waals surface area contributed by atoms with Gasteiger partial charge in [0.1, 0.15) is 46.7 Å². The molecule has 0 radical (unpaired) electrons. The third-order valence-electron chi connectivity index (χ3n) is 11.9. The molecule has 1 fully saturated rings. The maximum Gasteiger partial charge on any atom is 0.293 e. The summed E-state index contributed by atoms with van der Waals surface area (Å²) in [7, 11) is -1.31. The summed E-state index contributed by atoms with van der Waals surface area (Å²) in [5.74, 6) is -11.9. The second kappa shape index (κ2) is 15.9. The number of methoxy groups -OCH3 is 1. The fraction of sp³-hybridized carbons (Fsp3) is 0.279. The zero-order valence-corrected chi connectivity index (χ0v) is 36.1. The lowest BCUT2D eigenvalue weighted by molar-refractivity contribution is -0.122. The van der Waals surface area contributed by atoms with Crippen LogP contribution in [-0.2, 0) is 40.8 Å². The number of hydrogen-bond acceptors (Lipinski definition) is 10. The molecule has 3 aromatic carbocycles. The average molecular weight is 951 g/mol. The topological polar surface area (TPSA) is 197 Å². The van der Waals surface area contributed by atoms with Gasteiger partial charge in [-0.3, -0.25) is 18.8 Å². The minimum Gasteiger partial charge on any atom is -0.497 e. The van der Waals surface area contributed by atoms with Crippen molar-refractivity contribution >= 4 is 55.3 Å². The van der Waals surface area contributed by atoms with E-state index >= 15 is 13.6 Å². The standard InChI is InChI=1S/C43H33ClF6N10O5S/c1-57-35-30(9-8-29(44)32(35)41(56-57)58(66(3,63)64)18-19-4-6-24(65-2)7-5-19)59-40(54-39-27(42(59)62)13-21(16-51)17-53-39)26(12-20-10-22(45)14-23(46)11-20)34(38(52)61)60-36-31(33(55-60)37(47)48)25-15-28(25)43(36,49)50/h4-11,13-14,17,25-26,28,34,37H,12,15,18H2,1-3H3,(H2,52,61)/t25-,26-,28+,34?/m0/s1. The number of halogens is 7. The number of amides is 1. The Labute approximate surface area is 374 Å². The first-order valence-corrected chi connectivity index (χ1v) is 22.1. The summed E-state index contributed by atoms with van der Waals surface area (Å²) in [4.78, 5) is 38.0. The Morgan fingerprint density at radius 2 is 1.77 bits per heavy atom. The SMILES string of the molecule is COc1ccc(CN(c2nn(C)c3c(-n4c([C@@H](Cc5cc(F)cc(F)c5)C(C(N)=O)n5nc(C(F)F)c6c5C(F)(F)[C@@H]5C[C@H]65)nc5ncc(C#N)cc5c4=O)ccc(Cl)c23)S(C)(=O)=O)cc1. The number of nitrogens with two attached hydrogens (primary N) is 1. The molecule has 0 bridgehead atoms. The zero-order chi connectivity index (χ0) is 47.3. The molecule has 1 amide bonds. The number of alkyl halides is 4. The van der Waals surface area contributed by atoms with Crippen LogP contribution >= 0.6 is 11.6 Å². The first-order chi connectivity index (χ1) is 31.2. The van der Waals surface area contributed by atoms with Crippen LogP contribution in [0, 0.1) is 28.9 Å². The number of hydrogen-bond donors (Lipinski definition) is 1. The number of pyridine rings is 1.